The zero-order chi connectivity index (χ0) is 30.2. The van der Waals surface area contributed by atoms with Gasteiger partial charge in [-0.3, -0.25) is 0 Å². The maximum atomic E-state index is 9.04. The van der Waals surface area contributed by atoms with Gasteiger partial charge in [0.05, 0.1) is 14.2 Å². The molecule has 4 nitrogen and oxygen atoms in total. The number of anilines is 1. The van der Waals surface area contributed by atoms with Gasteiger partial charge in [-0.25, -0.2) is 0 Å². The molecular weight excluding hydrogens is 518 g/mol. The third kappa shape index (κ3) is 10.3. The predicted octanol–water partition coefficient (Wildman–Crippen LogP) is 9.63. The van der Waals surface area contributed by atoms with Gasteiger partial charge in [0.15, 0.2) is 0 Å². The van der Waals surface area contributed by atoms with Crippen molar-refractivity contribution >= 4 is 36.1 Å². The van der Waals surface area contributed by atoms with Crippen LogP contribution in [-0.2, 0) is 0 Å². The highest BCUT2D eigenvalue weighted by atomic mass is 16.5. The molecule has 0 bridgehead atoms. The fourth-order valence-electron chi connectivity index (χ4n) is 4.86. The second-order valence-corrected chi connectivity index (χ2v) is 10.8. The summed E-state index contributed by atoms with van der Waals surface area (Å²) in [4.78, 5) is 2.51. The van der Waals surface area contributed by atoms with Crippen LogP contribution in [0.2, 0.25) is 0 Å². The Hall–Kier alpha value is -3.76. The number of unbranched alkanes of at least 4 members (excludes halogenated alkanes) is 2. The van der Waals surface area contributed by atoms with Crippen LogP contribution in [0.15, 0.2) is 66.2 Å². The van der Waals surface area contributed by atoms with Gasteiger partial charge in [0.25, 0.3) is 0 Å². The van der Waals surface area contributed by atoms with Crippen molar-refractivity contribution in [3.63, 3.8) is 0 Å². The van der Waals surface area contributed by atoms with Crippen LogP contribution in [0.1, 0.15) is 87.1 Å². The molecule has 0 atom stereocenters. The van der Waals surface area contributed by atoms with Gasteiger partial charge in [0.2, 0.25) is 0 Å². The van der Waals surface area contributed by atoms with Crippen molar-refractivity contribution in [3.05, 3.63) is 94.1 Å². The largest absolute Gasteiger partial charge is 0.496 e. The molecule has 0 aliphatic carbocycles. The molecule has 0 radical (unpaired) electrons. The van der Waals surface area contributed by atoms with E-state index in [1.54, 1.807) is 14.2 Å². The summed E-state index contributed by atoms with van der Waals surface area (Å²) in [6, 6.07) is 21.4. The first kappa shape index (κ1) is 32.8. The summed E-state index contributed by atoms with van der Waals surface area (Å²) in [6.45, 7) is 9.05. The zero-order valence-corrected chi connectivity index (χ0v) is 26.2. The van der Waals surface area contributed by atoms with Gasteiger partial charge in [-0.05, 0) is 73.6 Å². The molecule has 0 saturated heterocycles. The number of hydrogen-bond donors (Lipinski definition) is 1. The van der Waals surface area contributed by atoms with Crippen LogP contribution in [0.4, 0.5) is 5.69 Å². The third-order valence-electron chi connectivity index (χ3n) is 7.39. The molecule has 0 aliphatic heterocycles. The van der Waals surface area contributed by atoms with Crippen molar-refractivity contribution in [1.29, 1.82) is 0 Å². The topological polar surface area (TPSA) is 41.9 Å². The molecule has 0 aliphatic rings. The average Bonchev–Trinajstić information content (AvgIpc) is 3.02. The minimum absolute atomic E-state index is 0.228. The highest BCUT2D eigenvalue weighted by Crippen LogP contribution is 2.32. The molecule has 0 heterocycles. The number of ether oxygens (including phenoxy) is 2. The zero-order valence-electron chi connectivity index (χ0n) is 26.2. The second-order valence-electron chi connectivity index (χ2n) is 10.8. The third-order valence-corrected chi connectivity index (χ3v) is 7.39. The van der Waals surface area contributed by atoms with E-state index in [-0.39, 0.29) is 6.61 Å². The molecule has 0 fully saturated rings. The van der Waals surface area contributed by atoms with Gasteiger partial charge in [-0.15, -0.1) is 0 Å². The van der Waals surface area contributed by atoms with E-state index in [1.807, 2.05) is 12.1 Å². The lowest BCUT2D eigenvalue weighted by Gasteiger charge is -2.24. The molecule has 3 rings (SSSR count). The van der Waals surface area contributed by atoms with E-state index in [4.69, 9.17) is 14.6 Å². The molecule has 0 amide bonds. The lowest BCUT2D eigenvalue weighted by atomic mass is 10.0. The van der Waals surface area contributed by atoms with E-state index in [0.29, 0.717) is 0 Å². The number of hydrogen-bond acceptors (Lipinski definition) is 4. The minimum Gasteiger partial charge on any atom is -0.496 e. The number of rotatable bonds is 17. The van der Waals surface area contributed by atoms with Crippen LogP contribution in [0.25, 0.3) is 30.4 Å². The van der Waals surface area contributed by atoms with Gasteiger partial charge in [-0.1, -0.05) is 99.0 Å². The van der Waals surface area contributed by atoms with Gasteiger partial charge in [0.1, 0.15) is 11.5 Å². The maximum absolute atomic E-state index is 9.04. The smallest absolute Gasteiger partial charge is 0.126 e. The van der Waals surface area contributed by atoms with E-state index in [1.165, 1.54) is 36.9 Å². The predicted molar refractivity (Wildman–Crippen MR) is 182 cm³/mol. The van der Waals surface area contributed by atoms with Crippen LogP contribution < -0.4 is 14.4 Å². The highest BCUT2D eigenvalue weighted by Gasteiger charge is 2.09. The van der Waals surface area contributed by atoms with E-state index in [9.17, 15) is 0 Å². The molecule has 0 saturated carbocycles. The van der Waals surface area contributed by atoms with Crippen molar-refractivity contribution in [2.24, 2.45) is 0 Å². The average molecular weight is 568 g/mol. The molecule has 1 N–H and O–H groups in total. The second kappa shape index (κ2) is 17.9. The number of aliphatic hydroxyl groups is 1. The lowest BCUT2D eigenvalue weighted by molar-refractivity contribution is 0.288. The summed E-state index contributed by atoms with van der Waals surface area (Å²) in [7, 11) is 3.41. The van der Waals surface area contributed by atoms with E-state index in [0.717, 1.165) is 65.2 Å². The first-order chi connectivity index (χ1) is 20.5. The minimum atomic E-state index is 0.228. The number of allylic oxidation sites excluding steroid dienone is 1. The fraction of sp³-hybridized carbons (Fsp3) is 0.368. The van der Waals surface area contributed by atoms with Crippen LogP contribution in [0.3, 0.4) is 0 Å². The maximum Gasteiger partial charge on any atom is 0.126 e. The van der Waals surface area contributed by atoms with E-state index >= 15 is 0 Å². The normalized spacial score (nSPS) is 11.9. The van der Waals surface area contributed by atoms with Crippen LogP contribution in [0.5, 0.6) is 11.5 Å². The summed E-state index contributed by atoms with van der Waals surface area (Å²) >= 11 is 0. The standard InChI is InChI=1S/C38H49NO3/c1-6-8-24-39(25-9-7-2)36-22-18-32(19-23-36)17-21-35-29-37(41-4)34(28-38(35)42-5)20-16-31-12-14-33(15-13-31)27-30(3)11-10-26-40/h12-23,27-29,40H,6-11,24-26H2,1-5H3/b20-16+,21-17+,30-27+. The Morgan fingerprint density at radius 2 is 1.17 bits per heavy atom. The Morgan fingerprint density at radius 3 is 1.62 bits per heavy atom. The first-order valence-corrected chi connectivity index (χ1v) is 15.4. The number of nitrogens with zero attached hydrogens (tertiary/aromatic N) is 1. The molecule has 0 unspecified atom stereocenters. The quantitative estimate of drug-likeness (QED) is 0.165. The Kier molecular flexibility index (Phi) is 14.0. The number of benzene rings is 3. The molecule has 0 spiro atoms. The summed E-state index contributed by atoms with van der Waals surface area (Å²) in [5, 5.41) is 9.04. The van der Waals surface area contributed by atoms with Gasteiger partial charge < -0.3 is 19.5 Å². The fourth-order valence-corrected chi connectivity index (χ4v) is 4.86. The molecule has 4 heteroatoms. The Bertz CT molecular complexity index is 1300. The van der Waals surface area contributed by atoms with Crippen molar-refractivity contribution in [2.45, 2.75) is 59.3 Å². The first-order valence-electron chi connectivity index (χ1n) is 15.4. The van der Waals surface area contributed by atoms with Crippen molar-refractivity contribution < 1.29 is 14.6 Å². The number of methoxy groups -OCH3 is 2. The number of aliphatic hydroxyl groups excluding tert-OH is 1. The summed E-state index contributed by atoms with van der Waals surface area (Å²) < 4.78 is 11.5. The highest BCUT2D eigenvalue weighted by molar-refractivity contribution is 5.79. The Balaban J connectivity index is 1.75. The summed E-state index contributed by atoms with van der Waals surface area (Å²) in [5.41, 5.74) is 7.91. The molecule has 0 aromatic heterocycles. The molecule has 3 aromatic rings. The van der Waals surface area contributed by atoms with Crippen LogP contribution in [0, 0.1) is 0 Å². The van der Waals surface area contributed by atoms with Crippen molar-refractivity contribution in [3.8, 4) is 11.5 Å². The van der Waals surface area contributed by atoms with Crippen LogP contribution >= 0.6 is 0 Å². The molecule has 224 valence electrons. The van der Waals surface area contributed by atoms with Gasteiger partial charge in [0, 0.05) is 36.5 Å². The molecular formula is C38H49NO3. The summed E-state index contributed by atoms with van der Waals surface area (Å²) in [5.74, 6) is 1.59. The SMILES string of the molecule is CCCCN(CCCC)c1ccc(/C=C/c2cc(OC)c(/C=C/c3ccc(/C=C(\C)CCCO)cc3)cc2OC)cc1. The lowest BCUT2D eigenvalue weighted by Crippen LogP contribution is -2.25. The Labute approximate surface area is 254 Å². The van der Waals surface area contributed by atoms with E-state index < -0.39 is 0 Å². The van der Waals surface area contributed by atoms with E-state index in [2.05, 4.69) is 105 Å². The Morgan fingerprint density at radius 1 is 0.690 bits per heavy atom. The van der Waals surface area contributed by atoms with Gasteiger partial charge in [-0.2, -0.15) is 0 Å². The van der Waals surface area contributed by atoms with Crippen molar-refractivity contribution in [1.82, 2.24) is 0 Å². The summed E-state index contributed by atoms with van der Waals surface area (Å²) in [6.07, 6.45) is 17.1. The monoisotopic (exact) mass is 567 g/mol. The van der Waals surface area contributed by atoms with Gasteiger partial charge >= 0.3 is 0 Å². The van der Waals surface area contributed by atoms with Crippen molar-refractivity contribution in [2.75, 3.05) is 38.8 Å². The molecule has 42 heavy (non-hydrogen) atoms. The van der Waals surface area contributed by atoms with Crippen LogP contribution in [-0.4, -0.2) is 39.0 Å². The molecule has 3 aromatic carbocycles.